The first kappa shape index (κ1) is 10.5. The lowest BCUT2D eigenvalue weighted by Gasteiger charge is -2.30. The van der Waals surface area contributed by atoms with Gasteiger partial charge in [-0.25, -0.2) is 0 Å². The highest BCUT2D eigenvalue weighted by atomic mass is 16.3. The van der Waals surface area contributed by atoms with Gasteiger partial charge in [-0.15, -0.1) is 10.2 Å². The van der Waals surface area contributed by atoms with Gasteiger partial charge in [-0.1, -0.05) is 6.42 Å². The molecule has 1 N–H and O–H groups in total. The van der Waals surface area contributed by atoms with Crippen LogP contribution in [0.5, 0.6) is 5.75 Å². The summed E-state index contributed by atoms with van der Waals surface area (Å²) in [5.41, 5.74) is 0.543. The maximum atomic E-state index is 9.71. The first-order valence-electron chi connectivity index (χ1n) is 6.00. The van der Waals surface area contributed by atoms with Gasteiger partial charge >= 0.3 is 0 Å². The average Bonchev–Trinajstić information content (AvgIpc) is 2.75. The fourth-order valence-corrected chi connectivity index (χ4v) is 2.55. The number of piperidine rings is 1. The highest BCUT2D eigenvalue weighted by Crippen LogP contribution is 2.29. The predicted octanol–water partition coefficient (Wildman–Crippen LogP) is 1.59. The van der Waals surface area contributed by atoms with Crippen molar-refractivity contribution >= 4 is 5.65 Å². The number of nitrogens with zero attached hydrogens (tertiary/aromatic N) is 4. The van der Waals surface area contributed by atoms with Crippen molar-refractivity contribution in [2.24, 2.45) is 0 Å². The lowest BCUT2D eigenvalue weighted by molar-refractivity contribution is 0.178. The smallest absolute Gasteiger partial charge is 0.203 e. The van der Waals surface area contributed by atoms with E-state index in [0.29, 0.717) is 11.7 Å². The van der Waals surface area contributed by atoms with Gasteiger partial charge in [0.2, 0.25) is 5.65 Å². The molecule has 5 heteroatoms. The fraction of sp³-hybridized carbons (Fsp3) is 0.500. The summed E-state index contributed by atoms with van der Waals surface area (Å²) < 4.78 is 1.89. The number of aromatic hydroxyl groups is 1. The molecule has 0 amide bonds. The highest BCUT2D eigenvalue weighted by Gasteiger charge is 2.25. The fourth-order valence-electron chi connectivity index (χ4n) is 2.55. The number of hydrogen-bond acceptors (Lipinski definition) is 4. The molecular formula is C12H16N4O. The topological polar surface area (TPSA) is 53.7 Å². The standard InChI is InChI=1S/C12H16N4O/c1-15-7-3-2-5-9(15)11-13-14-12-10(17)6-4-8-16(11)12/h4,6,8-9,17H,2-3,5,7H2,1H3. The van der Waals surface area contributed by atoms with Crippen LogP contribution < -0.4 is 0 Å². The normalized spacial score (nSPS) is 22.1. The molecule has 0 radical (unpaired) electrons. The van der Waals surface area contributed by atoms with E-state index in [1.807, 2.05) is 16.7 Å². The molecule has 1 saturated heterocycles. The van der Waals surface area contributed by atoms with Gasteiger partial charge in [0.1, 0.15) is 0 Å². The van der Waals surface area contributed by atoms with Gasteiger partial charge in [-0.3, -0.25) is 9.30 Å². The molecule has 0 spiro atoms. The largest absolute Gasteiger partial charge is 0.504 e. The Labute approximate surface area is 99.7 Å². The Balaban J connectivity index is 2.08. The molecule has 1 fully saturated rings. The van der Waals surface area contributed by atoms with E-state index in [1.54, 1.807) is 6.07 Å². The third-order valence-electron chi connectivity index (χ3n) is 3.51. The van der Waals surface area contributed by atoms with Crippen molar-refractivity contribution < 1.29 is 5.11 Å². The molecule has 0 bridgehead atoms. The van der Waals surface area contributed by atoms with Crippen molar-refractivity contribution in [3.8, 4) is 5.75 Å². The van der Waals surface area contributed by atoms with Crippen LogP contribution in [0.2, 0.25) is 0 Å². The van der Waals surface area contributed by atoms with Crippen molar-refractivity contribution in [1.82, 2.24) is 19.5 Å². The van der Waals surface area contributed by atoms with E-state index in [1.165, 1.54) is 12.8 Å². The van der Waals surface area contributed by atoms with Crippen molar-refractivity contribution in [2.45, 2.75) is 25.3 Å². The quantitative estimate of drug-likeness (QED) is 0.811. The molecule has 0 saturated carbocycles. The van der Waals surface area contributed by atoms with E-state index in [-0.39, 0.29) is 5.75 Å². The minimum atomic E-state index is 0.185. The van der Waals surface area contributed by atoms with Crippen molar-refractivity contribution in [2.75, 3.05) is 13.6 Å². The molecule has 5 nitrogen and oxygen atoms in total. The molecule has 17 heavy (non-hydrogen) atoms. The first-order chi connectivity index (χ1) is 8.27. The first-order valence-corrected chi connectivity index (χ1v) is 6.00. The molecule has 90 valence electrons. The molecule has 2 aromatic rings. The average molecular weight is 232 g/mol. The van der Waals surface area contributed by atoms with Crippen LogP contribution in [0, 0.1) is 0 Å². The van der Waals surface area contributed by atoms with E-state index in [9.17, 15) is 5.11 Å². The van der Waals surface area contributed by atoms with E-state index in [0.717, 1.165) is 18.8 Å². The zero-order valence-corrected chi connectivity index (χ0v) is 9.87. The third-order valence-corrected chi connectivity index (χ3v) is 3.51. The maximum Gasteiger partial charge on any atom is 0.203 e. The van der Waals surface area contributed by atoms with Gasteiger partial charge in [0.15, 0.2) is 11.6 Å². The van der Waals surface area contributed by atoms with Crippen LogP contribution in [0.15, 0.2) is 18.3 Å². The number of aromatic nitrogens is 3. The number of likely N-dealkylation sites (tertiary alicyclic amines) is 1. The minimum Gasteiger partial charge on any atom is -0.504 e. The summed E-state index contributed by atoms with van der Waals surface area (Å²) >= 11 is 0. The summed E-state index contributed by atoms with van der Waals surface area (Å²) in [7, 11) is 2.12. The van der Waals surface area contributed by atoms with Crippen LogP contribution >= 0.6 is 0 Å². The lowest BCUT2D eigenvalue weighted by atomic mass is 10.0. The molecule has 1 atom stereocenters. The van der Waals surface area contributed by atoms with Crippen LogP contribution in [-0.4, -0.2) is 38.2 Å². The van der Waals surface area contributed by atoms with Gasteiger partial charge in [0.25, 0.3) is 0 Å². The van der Waals surface area contributed by atoms with Crippen molar-refractivity contribution in [3.05, 3.63) is 24.2 Å². The predicted molar refractivity (Wildman–Crippen MR) is 63.9 cm³/mol. The molecule has 0 aromatic carbocycles. The summed E-state index contributed by atoms with van der Waals surface area (Å²) in [4.78, 5) is 2.31. The Kier molecular flexibility index (Phi) is 2.48. The van der Waals surface area contributed by atoms with Crippen molar-refractivity contribution in [3.63, 3.8) is 0 Å². The summed E-state index contributed by atoms with van der Waals surface area (Å²) in [6, 6.07) is 3.76. The van der Waals surface area contributed by atoms with E-state index in [4.69, 9.17) is 0 Å². The second-order valence-electron chi connectivity index (χ2n) is 4.64. The van der Waals surface area contributed by atoms with E-state index >= 15 is 0 Å². The van der Waals surface area contributed by atoms with Crippen LogP contribution in [-0.2, 0) is 0 Å². The summed E-state index contributed by atoms with van der Waals surface area (Å²) in [5, 5.41) is 18.0. The zero-order chi connectivity index (χ0) is 11.8. The Morgan fingerprint density at radius 1 is 1.35 bits per heavy atom. The molecule has 3 rings (SSSR count). The second kappa shape index (κ2) is 4.00. The monoisotopic (exact) mass is 232 g/mol. The Morgan fingerprint density at radius 2 is 2.24 bits per heavy atom. The third kappa shape index (κ3) is 1.67. The number of fused-ring (bicyclic) bond motifs is 1. The van der Waals surface area contributed by atoms with Crippen LogP contribution in [0.4, 0.5) is 0 Å². The summed E-state index contributed by atoms with van der Waals surface area (Å²) in [5.74, 6) is 1.11. The zero-order valence-electron chi connectivity index (χ0n) is 9.87. The highest BCUT2D eigenvalue weighted by molar-refractivity contribution is 5.52. The van der Waals surface area contributed by atoms with E-state index in [2.05, 4.69) is 22.1 Å². The Hall–Kier alpha value is -1.62. The van der Waals surface area contributed by atoms with Gasteiger partial charge in [-0.05, 0) is 38.6 Å². The van der Waals surface area contributed by atoms with Gasteiger partial charge in [0.05, 0.1) is 6.04 Å². The van der Waals surface area contributed by atoms with Gasteiger partial charge in [0, 0.05) is 6.20 Å². The molecule has 3 heterocycles. The number of pyridine rings is 1. The van der Waals surface area contributed by atoms with Crippen LogP contribution in [0.3, 0.4) is 0 Å². The van der Waals surface area contributed by atoms with Gasteiger partial charge in [-0.2, -0.15) is 0 Å². The second-order valence-corrected chi connectivity index (χ2v) is 4.64. The molecule has 1 aliphatic rings. The minimum absolute atomic E-state index is 0.185. The summed E-state index contributed by atoms with van der Waals surface area (Å²) in [6.07, 6.45) is 5.48. The SMILES string of the molecule is CN1CCCCC1c1nnc2c(O)cccn12. The maximum absolute atomic E-state index is 9.71. The number of rotatable bonds is 1. The van der Waals surface area contributed by atoms with Crippen LogP contribution in [0.1, 0.15) is 31.1 Å². The lowest BCUT2D eigenvalue weighted by Crippen LogP contribution is -2.30. The van der Waals surface area contributed by atoms with Crippen molar-refractivity contribution in [1.29, 1.82) is 0 Å². The van der Waals surface area contributed by atoms with E-state index < -0.39 is 0 Å². The van der Waals surface area contributed by atoms with Crippen LogP contribution in [0.25, 0.3) is 5.65 Å². The molecule has 1 unspecified atom stereocenters. The molecule has 0 aliphatic carbocycles. The van der Waals surface area contributed by atoms with Gasteiger partial charge < -0.3 is 5.11 Å². The molecule has 1 aliphatic heterocycles. The number of hydrogen-bond donors (Lipinski definition) is 1. The Bertz CT molecular complexity index is 536. The molecule has 2 aromatic heterocycles. The Morgan fingerprint density at radius 3 is 3.06 bits per heavy atom. The molecular weight excluding hydrogens is 216 g/mol. The summed E-state index contributed by atoms with van der Waals surface area (Å²) in [6.45, 7) is 1.10.